The summed E-state index contributed by atoms with van der Waals surface area (Å²) in [7, 11) is 0. The highest BCUT2D eigenvalue weighted by Gasteiger charge is 2.35. The molecule has 19 heavy (non-hydrogen) atoms. The van der Waals surface area contributed by atoms with Crippen LogP contribution in [-0.2, 0) is 0 Å². The van der Waals surface area contributed by atoms with Gasteiger partial charge < -0.3 is 5.32 Å². The summed E-state index contributed by atoms with van der Waals surface area (Å²) in [5.74, 6) is 1.76. The van der Waals surface area contributed by atoms with Gasteiger partial charge in [-0.3, -0.25) is 0 Å². The van der Waals surface area contributed by atoms with Crippen LogP contribution in [0.2, 0.25) is 0 Å². The van der Waals surface area contributed by atoms with Crippen LogP contribution < -0.4 is 5.32 Å². The second-order valence-corrected chi connectivity index (χ2v) is 6.89. The third-order valence-electron chi connectivity index (χ3n) is 4.89. The fourth-order valence-electron chi connectivity index (χ4n) is 3.95. The van der Waals surface area contributed by atoms with Crippen LogP contribution in [0.5, 0.6) is 0 Å². The van der Waals surface area contributed by atoms with Crippen molar-refractivity contribution in [2.24, 2.45) is 11.8 Å². The average Bonchev–Trinajstić information content (AvgIpc) is 2.95. The summed E-state index contributed by atoms with van der Waals surface area (Å²) in [5.41, 5.74) is 0.924. The third-order valence-corrected chi connectivity index (χ3v) is 5.39. The Hall–Kier alpha value is -0.410. The van der Waals surface area contributed by atoms with Crippen LogP contribution in [0.15, 0.2) is 22.7 Å². The molecule has 0 bridgehead atoms. The van der Waals surface area contributed by atoms with E-state index in [2.05, 4.69) is 21.2 Å². The first kappa shape index (κ1) is 13.6. The SMILES string of the molecule is Fc1ccc(Br)cc1C1CCNCC1C1CCCC1. The van der Waals surface area contributed by atoms with Gasteiger partial charge in [-0.25, -0.2) is 4.39 Å². The molecule has 0 spiro atoms. The standard InChI is InChI=1S/C16H21BrFN/c17-12-5-6-16(18)14(9-12)13-7-8-19-10-15(13)11-3-1-2-4-11/h5-6,9,11,13,15,19H,1-4,7-8,10H2. The van der Waals surface area contributed by atoms with Crippen molar-refractivity contribution < 1.29 is 4.39 Å². The second-order valence-electron chi connectivity index (χ2n) is 5.97. The molecule has 104 valence electrons. The molecule has 1 aromatic rings. The molecule has 1 heterocycles. The van der Waals surface area contributed by atoms with Crippen LogP contribution in [0.3, 0.4) is 0 Å². The summed E-state index contributed by atoms with van der Waals surface area (Å²) < 4.78 is 15.2. The molecule has 0 amide bonds. The molecule has 1 aliphatic carbocycles. The highest BCUT2D eigenvalue weighted by Crippen LogP contribution is 2.42. The molecular weight excluding hydrogens is 305 g/mol. The average molecular weight is 326 g/mol. The van der Waals surface area contributed by atoms with Crippen molar-refractivity contribution >= 4 is 15.9 Å². The monoisotopic (exact) mass is 325 g/mol. The van der Waals surface area contributed by atoms with E-state index in [4.69, 9.17) is 0 Å². The number of hydrogen-bond donors (Lipinski definition) is 1. The minimum atomic E-state index is -0.0295. The molecule has 2 unspecified atom stereocenters. The van der Waals surface area contributed by atoms with E-state index in [-0.39, 0.29) is 5.82 Å². The minimum Gasteiger partial charge on any atom is -0.316 e. The number of benzene rings is 1. The van der Waals surface area contributed by atoms with Crippen molar-refractivity contribution in [3.63, 3.8) is 0 Å². The molecule has 3 heteroatoms. The number of rotatable bonds is 2. The van der Waals surface area contributed by atoms with Crippen molar-refractivity contribution in [1.82, 2.24) is 5.32 Å². The Bertz CT molecular complexity index is 442. The van der Waals surface area contributed by atoms with Crippen molar-refractivity contribution in [3.05, 3.63) is 34.1 Å². The molecule has 2 aliphatic rings. The number of nitrogens with one attached hydrogen (secondary N) is 1. The predicted octanol–water partition coefficient (Wildman–Crippen LogP) is 4.47. The quantitative estimate of drug-likeness (QED) is 0.845. The van der Waals surface area contributed by atoms with Gasteiger partial charge in [0.1, 0.15) is 5.82 Å². The minimum absolute atomic E-state index is 0.0295. The first-order valence-electron chi connectivity index (χ1n) is 7.41. The van der Waals surface area contributed by atoms with Gasteiger partial charge >= 0.3 is 0 Å². The van der Waals surface area contributed by atoms with Gasteiger partial charge in [0.25, 0.3) is 0 Å². The van der Waals surface area contributed by atoms with Gasteiger partial charge in [-0.05, 0) is 61.0 Å². The zero-order valence-corrected chi connectivity index (χ0v) is 12.8. The van der Waals surface area contributed by atoms with Crippen LogP contribution in [0, 0.1) is 17.7 Å². The van der Waals surface area contributed by atoms with E-state index in [9.17, 15) is 4.39 Å². The normalized spacial score (nSPS) is 28.7. The lowest BCUT2D eigenvalue weighted by Gasteiger charge is -2.36. The summed E-state index contributed by atoms with van der Waals surface area (Å²) in [6.07, 6.45) is 6.44. The number of hydrogen-bond acceptors (Lipinski definition) is 1. The van der Waals surface area contributed by atoms with Gasteiger partial charge in [-0.15, -0.1) is 0 Å². The van der Waals surface area contributed by atoms with Gasteiger partial charge in [0.15, 0.2) is 0 Å². The molecule has 1 saturated heterocycles. The van der Waals surface area contributed by atoms with E-state index < -0.39 is 0 Å². The Morgan fingerprint density at radius 2 is 1.95 bits per heavy atom. The maximum absolute atomic E-state index is 14.2. The fourth-order valence-corrected chi connectivity index (χ4v) is 4.33. The maximum Gasteiger partial charge on any atom is 0.126 e. The lowest BCUT2D eigenvalue weighted by molar-refractivity contribution is 0.227. The molecule has 3 rings (SSSR count). The van der Waals surface area contributed by atoms with Gasteiger partial charge in [0.05, 0.1) is 0 Å². The molecule has 1 nitrogen and oxygen atoms in total. The molecule has 1 aliphatic heterocycles. The van der Waals surface area contributed by atoms with Crippen molar-refractivity contribution in [2.45, 2.75) is 38.0 Å². The zero-order chi connectivity index (χ0) is 13.2. The summed E-state index contributed by atoms with van der Waals surface area (Å²) >= 11 is 3.48. The fraction of sp³-hybridized carbons (Fsp3) is 0.625. The lowest BCUT2D eigenvalue weighted by atomic mass is 9.73. The highest BCUT2D eigenvalue weighted by atomic mass is 79.9. The molecule has 0 radical (unpaired) electrons. The Kier molecular flexibility index (Phi) is 4.23. The van der Waals surface area contributed by atoms with Crippen LogP contribution >= 0.6 is 15.9 Å². The predicted molar refractivity (Wildman–Crippen MR) is 79.8 cm³/mol. The van der Waals surface area contributed by atoms with Crippen molar-refractivity contribution in [1.29, 1.82) is 0 Å². The Labute approximate surface area is 123 Å². The van der Waals surface area contributed by atoms with Gasteiger partial charge in [0.2, 0.25) is 0 Å². The molecule has 2 atom stereocenters. The Morgan fingerprint density at radius 3 is 2.74 bits per heavy atom. The second kappa shape index (κ2) is 5.92. The van der Waals surface area contributed by atoms with E-state index in [1.165, 1.54) is 25.7 Å². The van der Waals surface area contributed by atoms with Gasteiger partial charge in [-0.1, -0.05) is 41.6 Å². The van der Waals surface area contributed by atoms with E-state index >= 15 is 0 Å². The Balaban J connectivity index is 1.88. The van der Waals surface area contributed by atoms with Crippen LogP contribution in [0.1, 0.15) is 43.6 Å². The summed E-state index contributed by atoms with van der Waals surface area (Å²) in [5, 5.41) is 3.51. The zero-order valence-electron chi connectivity index (χ0n) is 11.2. The van der Waals surface area contributed by atoms with Gasteiger partial charge in [-0.2, -0.15) is 0 Å². The van der Waals surface area contributed by atoms with Crippen LogP contribution in [0.4, 0.5) is 4.39 Å². The summed E-state index contributed by atoms with van der Waals surface area (Å²) in [4.78, 5) is 0. The van der Waals surface area contributed by atoms with E-state index in [1.54, 1.807) is 12.1 Å². The molecule has 1 aromatic carbocycles. The number of halogens is 2. The largest absolute Gasteiger partial charge is 0.316 e. The molecule has 0 aromatic heterocycles. The number of piperidine rings is 1. The van der Waals surface area contributed by atoms with Crippen LogP contribution in [-0.4, -0.2) is 13.1 Å². The van der Waals surface area contributed by atoms with Crippen LogP contribution in [0.25, 0.3) is 0 Å². The third kappa shape index (κ3) is 2.87. The molecule has 1 saturated carbocycles. The van der Waals surface area contributed by atoms with Crippen molar-refractivity contribution in [3.8, 4) is 0 Å². The molecule has 1 N–H and O–H groups in total. The Morgan fingerprint density at radius 1 is 1.16 bits per heavy atom. The van der Waals surface area contributed by atoms with E-state index in [0.29, 0.717) is 11.8 Å². The lowest BCUT2D eigenvalue weighted by Crippen LogP contribution is -2.39. The van der Waals surface area contributed by atoms with Gasteiger partial charge in [0, 0.05) is 4.47 Å². The highest BCUT2D eigenvalue weighted by molar-refractivity contribution is 9.10. The molecule has 2 fully saturated rings. The van der Waals surface area contributed by atoms with E-state index in [1.807, 2.05) is 6.07 Å². The topological polar surface area (TPSA) is 12.0 Å². The first-order valence-corrected chi connectivity index (χ1v) is 8.20. The maximum atomic E-state index is 14.2. The summed E-state index contributed by atoms with van der Waals surface area (Å²) in [6, 6.07) is 5.39. The first-order chi connectivity index (χ1) is 9.25. The molecular formula is C16H21BrFN. The smallest absolute Gasteiger partial charge is 0.126 e. The van der Waals surface area contributed by atoms with Crippen molar-refractivity contribution in [2.75, 3.05) is 13.1 Å². The van der Waals surface area contributed by atoms with E-state index in [0.717, 1.165) is 35.5 Å². The summed E-state index contributed by atoms with van der Waals surface area (Å²) in [6.45, 7) is 2.07.